The van der Waals surface area contributed by atoms with E-state index in [2.05, 4.69) is 0 Å². The van der Waals surface area contributed by atoms with Gasteiger partial charge in [0.15, 0.2) is 0 Å². The minimum Gasteiger partial charge on any atom is -0.426 e. The number of benzene rings is 2. The van der Waals surface area contributed by atoms with Crippen LogP contribution in [0.3, 0.4) is 0 Å². The molecular weight excluding hydrogens is 504 g/mol. The number of rotatable bonds is 7. The number of carbonyl (C=O) groups excluding carboxylic acids is 4. The van der Waals surface area contributed by atoms with Gasteiger partial charge in [-0.15, -0.1) is 0 Å². The maximum absolute atomic E-state index is 11.9. The molecule has 0 fully saturated rings. The molecule has 2 aromatic carbocycles. The molecule has 0 aliphatic heterocycles. The van der Waals surface area contributed by atoms with Crippen LogP contribution in [0.5, 0.6) is 23.0 Å². The van der Waals surface area contributed by atoms with Crippen LogP contribution in [-0.4, -0.2) is 23.9 Å². The average molecular weight is 535 g/mol. The first-order chi connectivity index (χ1) is 16.7. The van der Waals surface area contributed by atoms with Crippen LogP contribution in [0.25, 0.3) is 0 Å². The SMILES string of the molecule is CC(=O)Oc1c(C)c(C)c(OC(C)=O)c(SSc2c(C)c(OC(C)=O)c(C)c(C)c2OC(C)=O)c1C. The predicted octanol–water partition coefficient (Wildman–Crippen LogP) is 6.04. The van der Waals surface area contributed by atoms with E-state index in [0.29, 0.717) is 66.2 Å². The van der Waals surface area contributed by atoms with Gasteiger partial charge in [0.1, 0.15) is 23.0 Å². The maximum atomic E-state index is 11.9. The van der Waals surface area contributed by atoms with E-state index in [1.165, 1.54) is 49.3 Å². The lowest BCUT2D eigenvalue weighted by Gasteiger charge is -2.22. The average Bonchev–Trinajstić information content (AvgIpc) is 2.76. The highest BCUT2D eigenvalue weighted by Crippen LogP contribution is 2.53. The fourth-order valence-corrected chi connectivity index (χ4v) is 6.39. The van der Waals surface area contributed by atoms with Gasteiger partial charge in [-0.3, -0.25) is 19.2 Å². The van der Waals surface area contributed by atoms with Gasteiger partial charge in [-0.25, -0.2) is 0 Å². The second-order valence-corrected chi connectivity index (χ2v) is 10.4. The Balaban J connectivity index is 2.75. The number of hydrogen-bond donors (Lipinski definition) is 0. The van der Waals surface area contributed by atoms with Gasteiger partial charge in [0, 0.05) is 38.8 Å². The second kappa shape index (κ2) is 11.8. The summed E-state index contributed by atoms with van der Waals surface area (Å²) >= 11 is 0. The van der Waals surface area contributed by atoms with Crippen LogP contribution in [-0.2, 0) is 19.2 Å². The molecule has 0 aromatic heterocycles. The zero-order valence-corrected chi connectivity index (χ0v) is 23.7. The van der Waals surface area contributed by atoms with Crippen LogP contribution < -0.4 is 18.9 Å². The fraction of sp³-hybridized carbons (Fsp3) is 0.385. The highest BCUT2D eigenvalue weighted by molar-refractivity contribution is 8.76. The molecule has 0 bridgehead atoms. The Morgan fingerprint density at radius 3 is 0.889 bits per heavy atom. The van der Waals surface area contributed by atoms with Crippen LogP contribution in [0.1, 0.15) is 61.1 Å². The molecule has 8 nitrogen and oxygen atoms in total. The van der Waals surface area contributed by atoms with Crippen LogP contribution in [0.4, 0.5) is 0 Å². The lowest BCUT2D eigenvalue weighted by molar-refractivity contribution is -0.133. The third-order valence-corrected chi connectivity index (χ3v) is 8.10. The Kier molecular flexibility index (Phi) is 9.62. The largest absolute Gasteiger partial charge is 0.426 e. The van der Waals surface area contributed by atoms with Crippen LogP contribution in [0, 0.1) is 41.5 Å². The summed E-state index contributed by atoms with van der Waals surface area (Å²) in [5.41, 5.74) is 3.86. The van der Waals surface area contributed by atoms with E-state index in [1.54, 1.807) is 41.5 Å². The third-order valence-electron chi connectivity index (χ3n) is 5.45. The normalized spacial score (nSPS) is 10.6. The molecule has 0 heterocycles. The van der Waals surface area contributed by atoms with Crippen molar-refractivity contribution in [2.45, 2.75) is 79.0 Å². The number of hydrogen-bond acceptors (Lipinski definition) is 10. The summed E-state index contributed by atoms with van der Waals surface area (Å²) in [4.78, 5) is 48.5. The molecule has 0 saturated heterocycles. The zero-order valence-electron chi connectivity index (χ0n) is 22.1. The Bertz CT molecular complexity index is 1170. The summed E-state index contributed by atoms with van der Waals surface area (Å²) in [5, 5.41) is 0. The van der Waals surface area contributed by atoms with Crippen molar-refractivity contribution in [2.75, 3.05) is 0 Å². The van der Waals surface area contributed by atoms with Gasteiger partial charge in [-0.1, -0.05) is 0 Å². The molecule has 0 aliphatic carbocycles. The highest BCUT2D eigenvalue weighted by atomic mass is 33.1. The lowest BCUT2D eigenvalue weighted by atomic mass is 10.0. The molecule has 0 radical (unpaired) electrons. The summed E-state index contributed by atoms with van der Waals surface area (Å²) < 4.78 is 22.1. The molecule has 10 heteroatoms. The van der Waals surface area contributed by atoms with Gasteiger partial charge in [-0.05, 0) is 85.4 Å². The smallest absolute Gasteiger partial charge is 0.308 e. The van der Waals surface area contributed by atoms with Gasteiger partial charge >= 0.3 is 23.9 Å². The fourth-order valence-electron chi connectivity index (χ4n) is 3.54. The van der Waals surface area contributed by atoms with Gasteiger partial charge < -0.3 is 18.9 Å². The lowest BCUT2D eigenvalue weighted by Crippen LogP contribution is -2.10. The summed E-state index contributed by atoms with van der Waals surface area (Å²) in [6, 6.07) is 0. The molecule has 0 atom stereocenters. The molecular formula is C26H30O8S2. The zero-order chi connectivity index (χ0) is 27.5. The van der Waals surface area contributed by atoms with E-state index in [1.807, 2.05) is 0 Å². The molecule has 2 aromatic rings. The first-order valence-corrected chi connectivity index (χ1v) is 13.2. The summed E-state index contributed by atoms with van der Waals surface area (Å²) in [7, 11) is 2.49. The minimum absolute atomic E-state index is 0.349. The molecule has 2 rings (SSSR count). The molecule has 0 saturated carbocycles. The first-order valence-electron chi connectivity index (χ1n) is 11.0. The highest BCUT2D eigenvalue weighted by Gasteiger charge is 2.26. The Morgan fingerprint density at radius 1 is 0.417 bits per heavy atom. The van der Waals surface area contributed by atoms with Gasteiger partial charge in [0.2, 0.25) is 0 Å². The topological polar surface area (TPSA) is 105 Å². The van der Waals surface area contributed by atoms with E-state index < -0.39 is 23.9 Å². The van der Waals surface area contributed by atoms with E-state index in [9.17, 15) is 19.2 Å². The number of ether oxygens (including phenoxy) is 4. The van der Waals surface area contributed by atoms with Crippen molar-refractivity contribution in [3.63, 3.8) is 0 Å². The standard InChI is InChI=1S/C26H30O8S2/c1-11-13(3)23(33-19(9)29)25(15(5)21(11)31-17(7)27)35-36-26-16(6)22(32-18(8)28)12(2)14(4)24(26)34-20(10)30/h1-10H3. The van der Waals surface area contributed by atoms with Crippen LogP contribution >= 0.6 is 21.6 Å². The Morgan fingerprint density at radius 2 is 0.639 bits per heavy atom. The molecule has 0 aliphatic rings. The molecule has 0 amide bonds. The molecule has 194 valence electrons. The summed E-state index contributed by atoms with van der Waals surface area (Å²) in [6.45, 7) is 15.9. The Labute approximate surface area is 218 Å². The molecule has 36 heavy (non-hydrogen) atoms. The monoisotopic (exact) mass is 534 g/mol. The molecule has 0 spiro atoms. The van der Waals surface area contributed by atoms with E-state index in [0.717, 1.165) is 0 Å². The quantitative estimate of drug-likeness (QED) is 0.237. The molecule has 0 unspecified atom stereocenters. The van der Waals surface area contributed by atoms with Crippen LogP contribution in [0.15, 0.2) is 9.79 Å². The number of esters is 4. The van der Waals surface area contributed by atoms with Crippen molar-refractivity contribution in [1.29, 1.82) is 0 Å². The number of carbonyl (C=O) groups is 4. The van der Waals surface area contributed by atoms with Crippen molar-refractivity contribution in [1.82, 2.24) is 0 Å². The predicted molar refractivity (Wildman–Crippen MR) is 138 cm³/mol. The van der Waals surface area contributed by atoms with Crippen molar-refractivity contribution >= 4 is 45.5 Å². The van der Waals surface area contributed by atoms with E-state index in [4.69, 9.17) is 18.9 Å². The maximum Gasteiger partial charge on any atom is 0.308 e. The van der Waals surface area contributed by atoms with Gasteiger partial charge in [0.25, 0.3) is 0 Å². The van der Waals surface area contributed by atoms with Crippen molar-refractivity contribution in [3.05, 3.63) is 33.4 Å². The Hall–Kier alpha value is -2.98. The van der Waals surface area contributed by atoms with Crippen molar-refractivity contribution in [2.24, 2.45) is 0 Å². The third kappa shape index (κ3) is 6.41. The summed E-state index contributed by atoms with van der Waals surface area (Å²) in [6.07, 6.45) is 0. The minimum atomic E-state index is -0.496. The van der Waals surface area contributed by atoms with Gasteiger partial charge in [0.05, 0.1) is 9.79 Å². The van der Waals surface area contributed by atoms with E-state index in [-0.39, 0.29) is 0 Å². The van der Waals surface area contributed by atoms with Crippen molar-refractivity contribution < 1.29 is 38.1 Å². The summed E-state index contributed by atoms with van der Waals surface area (Å²) in [5.74, 6) is -0.472. The van der Waals surface area contributed by atoms with E-state index >= 15 is 0 Å². The molecule has 0 N–H and O–H groups in total. The van der Waals surface area contributed by atoms with Crippen molar-refractivity contribution in [3.8, 4) is 23.0 Å². The van der Waals surface area contributed by atoms with Crippen LogP contribution in [0.2, 0.25) is 0 Å². The van der Waals surface area contributed by atoms with Gasteiger partial charge in [-0.2, -0.15) is 0 Å². The first kappa shape index (κ1) is 29.3. The second-order valence-electron chi connectivity index (χ2n) is 8.27.